The van der Waals surface area contributed by atoms with Crippen LogP contribution < -0.4 is 0 Å². The van der Waals surface area contributed by atoms with E-state index in [1.54, 1.807) is 0 Å². The first-order valence-corrected chi connectivity index (χ1v) is 1.91. The molecule has 1 saturated carbocycles. The lowest BCUT2D eigenvalue weighted by Gasteiger charge is -1.67. The van der Waals surface area contributed by atoms with Crippen molar-refractivity contribution in [3.63, 3.8) is 0 Å². The van der Waals surface area contributed by atoms with Gasteiger partial charge in [0.1, 0.15) is 0 Å². The van der Waals surface area contributed by atoms with Gasteiger partial charge in [-0.25, -0.2) is 0 Å². The van der Waals surface area contributed by atoms with E-state index < -0.39 is 12.7 Å². The summed E-state index contributed by atoms with van der Waals surface area (Å²) in [5, 5.41) is 0. The van der Waals surface area contributed by atoms with E-state index in [1.165, 1.54) is 0 Å². The van der Waals surface area contributed by atoms with E-state index in [9.17, 15) is 0 Å². The van der Waals surface area contributed by atoms with Gasteiger partial charge in [-0.2, -0.15) is 0 Å². The topological polar surface area (TPSA) is 0 Å². The Morgan fingerprint density at radius 2 is 1.60 bits per heavy atom. The molecule has 0 N–H and O–H groups in total. The van der Waals surface area contributed by atoms with Gasteiger partial charge in [-0.05, 0) is 0 Å². The molecule has 1 fully saturated rings. The average molecular weight is 74.2 g/mol. The van der Waals surface area contributed by atoms with Crippen LogP contribution in [0.4, 0.5) is 0 Å². The Kier molecular flexibility index (Phi) is 0.284. The molecular weight excluding hydrogens is 60.1 g/mol. The van der Waals surface area contributed by atoms with Crippen LogP contribution in [0.15, 0.2) is 0 Å². The molecule has 0 amide bonds. The van der Waals surface area contributed by atoms with Crippen LogP contribution in [-0.2, 0) is 0 Å². The van der Waals surface area contributed by atoms with E-state index >= 15 is 0 Å². The third kappa shape index (κ3) is 0.640. The molecule has 0 saturated heterocycles. The minimum atomic E-state index is -1.25. The van der Waals surface area contributed by atoms with Crippen molar-refractivity contribution in [2.75, 3.05) is 0 Å². The van der Waals surface area contributed by atoms with Gasteiger partial charge in [-0.1, -0.05) is 32.0 Å². The smallest absolute Gasteiger partial charge is 0.0267 e. The van der Waals surface area contributed by atoms with E-state index in [0.29, 0.717) is 12.8 Å². The summed E-state index contributed by atoms with van der Waals surface area (Å²) in [7, 11) is 0. The molecule has 0 heterocycles. The summed E-state index contributed by atoms with van der Waals surface area (Å²) >= 11 is 0. The summed E-state index contributed by atoms with van der Waals surface area (Å²) in [5.41, 5.74) is 0. The van der Waals surface area contributed by atoms with Crippen LogP contribution in [0.3, 0.4) is 0 Å². The van der Waals surface area contributed by atoms with Crippen LogP contribution in [0.5, 0.6) is 0 Å². The van der Waals surface area contributed by atoms with E-state index in [0.717, 1.165) is 0 Å². The Bertz CT molecular complexity index is 104. The van der Waals surface area contributed by atoms with Crippen molar-refractivity contribution >= 4 is 0 Å². The van der Waals surface area contributed by atoms with Gasteiger partial charge in [-0.3, -0.25) is 0 Å². The quantitative estimate of drug-likeness (QED) is 0.412. The fourth-order valence-corrected chi connectivity index (χ4v) is 0.442. The largest absolute Gasteiger partial charge is 0.0533 e. The maximum atomic E-state index is 7.17. The lowest BCUT2D eigenvalue weighted by atomic mass is 10.4. The van der Waals surface area contributed by atoms with Crippen molar-refractivity contribution in [1.29, 1.82) is 0 Å². The van der Waals surface area contributed by atoms with Gasteiger partial charge in [-0.15, -0.1) is 0 Å². The fraction of sp³-hybridized carbons (Fsp3) is 1.00. The first kappa shape index (κ1) is 0.988. The lowest BCUT2D eigenvalue weighted by molar-refractivity contribution is 0.886. The molecule has 0 aromatic heterocycles. The van der Waals surface area contributed by atoms with Gasteiger partial charge in [0.05, 0.1) is 0 Å². The Morgan fingerprint density at radius 3 is 1.80 bits per heavy atom. The Morgan fingerprint density at radius 1 is 1.00 bits per heavy atom. The number of hydrogen-bond acceptors (Lipinski definition) is 0. The maximum Gasteiger partial charge on any atom is 0.0267 e. The Labute approximate surface area is 38.8 Å². The van der Waals surface area contributed by atoms with Gasteiger partial charge in [0.2, 0.25) is 0 Å². The molecule has 30 valence electrons. The SMILES string of the molecule is [2H]C1([2H])CCC([2H])([2H])C1. The van der Waals surface area contributed by atoms with Gasteiger partial charge < -0.3 is 0 Å². The molecule has 0 aliphatic heterocycles. The summed E-state index contributed by atoms with van der Waals surface area (Å²) in [5.74, 6) is 0. The summed E-state index contributed by atoms with van der Waals surface area (Å²) in [6.07, 6.45) is -1.67. The van der Waals surface area contributed by atoms with Crippen LogP contribution in [0.1, 0.15) is 37.5 Å². The van der Waals surface area contributed by atoms with E-state index in [2.05, 4.69) is 0 Å². The highest BCUT2D eigenvalue weighted by atomic mass is 14.0. The molecule has 0 heteroatoms. The normalized spacial score (nSPS) is 56.0. The molecule has 1 rings (SSSR count). The molecule has 5 heavy (non-hydrogen) atoms. The molecule has 0 spiro atoms. The number of rotatable bonds is 0. The van der Waals surface area contributed by atoms with Gasteiger partial charge >= 0.3 is 0 Å². The monoisotopic (exact) mass is 74.1 g/mol. The standard InChI is InChI=1S/C5H10/c1-2-4-5-3-1/h1-5H2/i1D2,4D2. The van der Waals surface area contributed by atoms with Crippen molar-refractivity contribution in [2.45, 2.75) is 32.0 Å². The second-order valence-corrected chi connectivity index (χ2v) is 1.18. The van der Waals surface area contributed by atoms with Crippen molar-refractivity contribution in [2.24, 2.45) is 0 Å². The predicted octanol–water partition coefficient (Wildman–Crippen LogP) is 1.95. The van der Waals surface area contributed by atoms with Gasteiger partial charge in [0.25, 0.3) is 0 Å². The molecule has 0 radical (unpaired) electrons. The second-order valence-electron chi connectivity index (χ2n) is 1.18. The van der Waals surface area contributed by atoms with Crippen molar-refractivity contribution < 1.29 is 5.48 Å². The molecular formula is C5H10. The Balaban J connectivity index is 2.58. The zero-order valence-corrected chi connectivity index (χ0v) is 3.12. The first-order chi connectivity index (χ1) is 3.91. The zero-order valence-electron chi connectivity index (χ0n) is 7.12. The highest BCUT2D eigenvalue weighted by molar-refractivity contribution is 4.51. The molecule has 0 atom stereocenters. The summed E-state index contributed by atoms with van der Waals surface area (Å²) < 4.78 is 28.7. The van der Waals surface area contributed by atoms with Crippen molar-refractivity contribution in [3.05, 3.63) is 0 Å². The minimum absolute atomic E-state index is 0.0694. The Hall–Kier alpha value is 0. The van der Waals surface area contributed by atoms with E-state index in [-0.39, 0.29) is 6.42 Å². The first-order valence-electron chi connectivity index (χ1n) is 3.91. The summed E-state index contributed by atoms with van der Waals surface area (Å²) in [6, 6.07) is 0. The molecule has 0 aromatic carbocycles. The molecule has 0 aromatic rings. The van der Waals surface area contributed by atoms with Crippen molar-refractivity contribution in [3.8, 4) is 0 Å². The highest BCUT2D eigenvalue weighted by Crippen LogP contribution is 2.15. The molecule has 1 aliphatic rings. The lowest BCUT2D eigenvalue weighted by Crippen LogP contribution is -1.47. The van der Waals surface area contributed by atoms with E-state index in [4.69, 9.17) is 5.48 Å². The second kappa shape index (κ2) is 1.44. The zero-order chi connectivity index (χ0) is 7.12. The molecule has 1 aliphatic carbocycles. The number of hydrogen-bond donors (Lipinski definition) is 0. The van der Waals surface area contributed by atoms with Crippen LogP contribution >= 0.6 is 0 Å². The van der Waals surface area contributed by atoms with Crippen LogP contribution in [0.25, 0.3) is 0 Å². The van der Waals surface area contributed by atoms with E-state index in [1.807, 2.05) is 0 Å². The minimum Gasteiger partial charge on any atom is -0.0533 e. The predicted molar refractivity (Wildman–Crippen MR) is 23.1 cm³/mol. The third-order valence-electron chi connectivity index (χ3n) is 0.729. The molecule has 0 unspecified atom stereocenters. The molecule has 0 bridgehead atoms. The van der Waals surface area contributed by atoms with Crippen LogP contribution in [0, 0.1) is 0 Å². The van der Waals surface area contributed by atoms with Crippen molar-refractivity contribution in [1.82, 2.24) is 0 Å². The fourth-order valence-electron chi connectivity index (χ4n) is 0.442. The summed E-state index contributed by atoms with van der Waals surface area (Å²) in [4.78, 5) is 0. The average Bonchev–Trinajstić information content (AvgIpc) is 1.78. The maximum absolute atomic E-state index is 7.17. The van der Waals surface area contributed by atoms with Gasteiger partial charge in [0, 0.05) is 5.48 Å². The third-order valence-corrected chi connectivity index (χ3v) is 0.729. The molecule has 0 nitrogen and oxygen atoms in total. The van der Waals surface area contributed by atoms with Crippen LogP contribution in [0.2, 0.25) is 0 Å². The summed E-state index contributed by atoms with van der Waals surface area (Å²) in [6.45, 7) is 0. The van der Waals surface area contributed by atoms with Gasteiger partial charge in [0.15, 0.2) is 0 Å². The van der Waals surface area contributed by atoms with Crippen LogP contribution in [-0.4, -0.2) is 0 Å². The highest BCUT2D eigenvalue weighted by Gasteiger charge is 1.95.